The molecule has 0 aromatic heterocycles. The summed E-state index contributed by atoms with van der Waals surface area (Å²) in [5, 5.41) is 18.5. The molecule has 0 fully saturated rings. The van der Waals surface area contributed by atoms with Crippen LogP contribution in [0.1, 0.15) is 161 Å². The van der Waals surface area contributed by atoms with E-state index in [2.05, 4.69) is 6.92 Å². The van der Waals surface area contributed by atoms with Crippen molar-refractivity contribution in [1.82, 2.24) is 0 Å². The van der Waals surface area contributed by atoms with Gasteiger partial charge in [0.2, 0.25) is 0 Å². The minimum atomic E-state index is -0.657. The summed E-state index contributed by atoms with van der Waals surface area (Å²) in [4.78, 5) is 10.4. The molecule has 0 radical (unpaired) electrons. The van der Waals surface area contributed by atoms with Crippen LogP contribution in [0.2, 0.25) is 0 Å². The Morgan fingerprint density at radius 2 is 0.833 bits per heavy atom. The molecule has 0 aromatic rings. The van der Waals surface area contributed by atoms with E-state index in [0.717, 1.165) is 25.7 Å². The number of aliphatic carboxylic acids is 1. The van der Waals surface area contributed by atoms with Gasteiger partial charge < -0.3 is 10.2 Å². The second-order valence-electron chi connectivity index (χ2n) is 9.45. The van der Waals surface area contributed by atoms with E-state index in [1.807, 2.05) is 0 Å². The lowest BCUT2D eigenvalue weighted by Crippen LogP contribution is -2.05. The lowest BCUT2D eigenvalue weighted by Gasteiger charge is -2.09. The number of unbranched alkanes of at least 4 members (excludes halogenated alkanes) is 19. The maximum atomic E-state index is 10.4. The average molecular weight is 427 g/mol. The quantitative estimate of drug-likeness (QED) is 0.143. The molecule has 0 saturated carbocycles. The summed E-state index contributed by atoms with van der Waals surface area (Å²) in [6.07, 6.45) is 29.5. The third-order valence-electron chi connectivity index (χ3n) is 6.32. The highest BCUT2D eigenvalue weighted by Gasteiger charge is 2.03. The summed E-state index contributed by atoms with van der Waals surface area (Å²) in [6, 6.07) is 0. The highest BCUT2D eigenvalue weighted by Crippen LogP contribution is 2.16. The Morgan fingerprint density at radius 3 is 1.17 bits per heavy atom. The fourth-order valence-corrected chi connectivity index (χ4v) is 4.26. The second-order valence-corrected chi connectivity index (χ2v) is 9.45. The number of hydrogen-bond acceptors (Lipinski definition) is 2. The zero-order valence-electron chi connectivity index (χ0n) is 20.4. The SMILES string of the molecule is CCCCCC(O)CCCCCCCCCCCCCCCCCCCCC(=O)O. The highest BCUT2D eigenvalue weighted by atomic mass is 16.4. The Kier molecular flexibility index (Phi) is 24.2. The number of aliphatic hydroxyl groups excluding tert-OH is 1. The predicted molar refractivity (Wildman–Crippen MR) is 130 cm³/mol. The molecule has 0 aliphatic rings. The molecule has 0 aromatic carbocycles. The van der Waals surface area contributed by atoms with Crippen LogP contribution >= 0.6 is 0 Å². The zero-order chi connectivity index (χ0) is 22.1. The first-order valence-corrected chi connectivity index (χ1v) is 13.6. The number of hydrogen-bond donors (Lipinski definition) is 2. The van der Waals surface area contributed by atoms with Gasteiger partial charge in [-0.05, 0) is 19.3 Å². The topological polar surface area (TPSA) is 57.5 Å². The number of rotatable bonds is 25. The van der Waals surface area contributed by atoms with Crippen molar-refractivity contribution in [3.63, 3.8) is 0 Å². The van der Waals surface area contributed by atoms with Crippen LogP contribution in [0, 0.1) is 0 Å². The molecule has 180 valence electrons. The first-order chi connectivity index (χ1) is 14.7. The largest absolute Gasteiger partial charge is 0.481 e. The van der Waals surface area contributed by atoms with Gasteiger partial charge in [-0.25, -0.2) is 0 Å². The Balaban J connectivity index is 3.07. The maximum absolute atomic E-state index is 10.4. The summed E-state index contributed by atoms with van der Waals surface area (Å²) < 4.78 is 0. The Bertz CT molecular complexity index is 343. The third kappa shape index (κ3) is 25.5. The summed E-state index contributed by atoms with van der Waals surface area (Å²) >= 11 is 0. The van der Waals surface area contributed by atoms with Crippen molar-refractivity contribution < 1.29 is 15.0 Å². The van der Waals surface area contributed by atoms with Gasteiger partial charge in [-0.3, -0.25) is 4.79 Å². The van der Waals surface area contributed by atoms with E-state index in [4.69, 9.17) is 5.11 Å². The van der Waals surface area contributed by atoms with E-state index in [-0.39, 0.29) is 6.10 Å². The summed E-state index contributed by atoms with van der Waals surface area (Å²) in [7, 11) is 0. The molecule has 0 heterocycles. The van der Waals surface area contributed by atoms with Crippen molar-refractivity contribution in [2.75, 3.05) is 0 Å². The molecule has 0 bridgehead atoms. The van der Waals surface area contributed by atoms with Crippen LogP contribution in [-0.2, 0) is 4.79 Å². The molecule has 3 nitrogen and oxygen atoms in total. The number of carbonyl (C=O) groups is 1. The van der Waals surface area contributed by atoms with E-state index < -0.39 is 5.97 Å². The minimum absolute atomic E-state index is 0.0491. The summed E-state index contributed by atoms with van der Waals surface area (Å²) in [6.45, 7) is 2.22. The van der Waals surface area contributed by atoms with Crippen molar-refractivity contribution in [3.05, 3.63) is 0 Å². The average Bonchev–Trinajstić information content (AvgIpc) is 2.72. The van der Waals surface area contributed by atoms with Crippen LogP contribution in [0.15, 0.2) is 0 Å². The van der Waals surface area contributed by atoms with Crippen LogP contribution in [-0.4, -0.2) is 22.3 Å². The third-order valence-corrected chi connectivity index (χ3v) is 6.32. The molecule has 0 saturated heterocycles. The molecule has 0 amide bonds. The van der Waals surface area contributed by atoms with Crippen molar-refractivity contribution >= 4 is 5.97 Å². The van der Waals surface area contributed by atoms with Gasteiger partial charge in [0.15, 0.2) is 0 Å². The van der Waals surface area contributed by atoms with Crippen molar-refractivity contribution in [2.24, 2.45) is 0 Å². The molecule has 0 rings (SSSR count). The van der Waals surface area contributed by atoms with Gasteiger partial charge in [0.05, 0.1) is 6.10 Å². The van der Waals surface area contributed by atoms with E-state index in [1.165, 1.54) is 122 Å². The van der Waals surface area contributed by atoms with E-state index >= 15 is 0 Å². The van der Waals surface area contributed by atoms with Crippen LogP contribution in [0.5, 0.6) is 0 Å². The summed E-state index contributed by atoms with van der Waals surface area (Å²) in [5.41, 5.74) is 0. The fourth-order valence-electron chi connectivity index (χ4n) is 4.26. The lowest BCUT2D eigenvalue weighted by molar-refractivity contribution is -0.137. The van der Waals surface area contributed by atoms with Gasteiger partial charge in [0, 0.05) is 6.42 Å². The summed E-state index contributed by atoms with van der Waals surface area (Å²) in [5.74, 6) is -0.657. The molecular formula is C27H54O3. The van der Waals surface area contributed by atoms with Gasteiger partial charge in [0.1, 0.15) is 0 Å². The monoisotopic (exact) mass is 426 g/mol. The van der Waals surface area contributed by atoms with Crippen molar-refractivity contribution in [2.45, 2.75) is 167 Å². The maximum Gasteiger partial charge on any atom is 0.303 e. The Morgan fingerprint density at radius 1 is 0.533 bits per heavy atom. The van der Waals surface area contributed by atoms with E-state index in [9.17, 15) is 9.90 Å². The second kappa shape index (κ2) is 24.7. The minimum Gasteiger partial charge on any atom is -0.481 e. The van der Waals surface area contributed by atoms with Crippen molar-refractivity contribution in [3.8, 4) is 0 Å². The first-order valence-electron chi connectivity index (χ1n) is 13.6. The van der Waals surface area contributed by atoms with Crippen LogP contribution in [0.25, 0.3) is 0 Å². The number of aliphatic hydroxyl groups is 1. The van der Waals surface area contributed by atoms with Crippen LogP contribution in [0.4, 0.5) is 0 Å². The number of carboxylic acids is 1. The highest BCUT2D eigenvalue weighted by molar-refractivity contribution is 5.66. The van der Waals surface area contributed by atoms with Gasteiger partial charge in [-0.2, -0.15) is 0 Å². The van der Waals surface area contributed by atoms with E-state index in [1.54, 1.807) is 0 Å². The predicted octanol–water partition coefficient (Wildman–Crippen LogP) is 8.81. The first kappa shape index (κ1) is 29.4. The van der Waals surface area contributed by atoms with Gasteiger partial charge in [0.25, 0.3) is 0 Å². The molecule has 1 atom stereocenters. The molecule has 0 aliphatic heterocycles. The normalized spacial score (nSPS) is 12.3. The molecule has 0 aliphatic carbocycles. The molecule has 30 heavy (non-hydrogen) atoms. The Hall–Kier alpha value is -0.570. The van der Waals surface area contributed by atoms with Crippen LogP contribution in [0.3, 0.4) is 0 Å². The van der Waals surface area contributed by atoms with Crippen LogP contribution < -0.4 is 0 Å². The van der Waals surface area contributed by atoms with Gasteiger partial charge in [-0.1, -0.05) is 135 Å². The Labute approximate surface area is 188 Å². The smallest absolute Gasteiger partial charge is 0.303 e. The standard InChI is InChI=1S/C27H54O3/c1-2-3-20-23-26(28)24-21-18-16-14-12-10-8-6-4-5-7-9-11-13-15-17-19-22-25-27(29)30/h26,28H,2-25H2,1H3,(H,29,30). The molecule has 0 spiro atoms. The fraction of sp³-hybridized carbons (Fsp3) is 0.963. The molecule has 1 unspecified atom stereocenters. The molecule has 2 N–H and O–H groups in total. The van der Waals surface area contributed by atoms with Gasteiger partial charge >= 0.3 is 5.97 Å². The van der Waals surface area contributed by atoms with Gasteiger partial charge in [-0.15, -0.1) is 0 Å². The molecular weight excluding hydrogens is 372 g/mol. The number of carboxylic acid groups (broad SMARTS) is 1. The molecule has 3 heteroatoms. The van der Waals surface area contributed by atoms with Crippen molar-refractivity contribution in [1.29, 1.82) is 0 Å². The van der Waals surface area contributed by atoms with E-state index in [0.29, 0.717) is 6.42 Å². The zero-order valence-corrected chi connectivity index (χ0v) is 20.4. The lowest BCUT2D eigenvalue weighted by atomic mass is 10.0.